The number of hydrogen-bond acceptors (Lipinski definition) is 5. The van der Waals surface area contributed by atoms with Crippen molar-refractivity contribution in [2.45, 2.75) is 32.2 Å². The zero-order chi connectivity index (χ0) is 14.5. The Kier molecular flexibility index (Phi) is 5.08. The van der Waals surface area contributed by atoms with E-state index in [2.05, 4.69) is 15.2 Å². The number of nitrogens with one attached hydrogen (secondary N) is 1. The first-order valence-electron chi connectivity index (χ1n) is 6.78. The predicted octanol–water partition coefficient (Wildman–Crippen LogP) is 1.45. The first kappa shape index (κ1) is 14.9. The normalized spacial score (nSPS) is 17.6. The van der Waals surface area contributed by atoms with Crippen molar-refractivity contribution in [1.29, 1.82) is 0 Å². The molecular formula is C13H19N3O3S. The number of rotatable bonds is 5. The largest absolute Gasteiger partial charge is 0.476 e. The lowest BCUT2D eigenvalue weighted by Crippen LogP contribution is -2.43. The molecule has 1 aromatic heterocycles. The molecule has 110 valence electrons. The van der Waals surface area contributed by atoms with Gasteiger partial charge < -0.3 is 15.3 Å². The molecule has 20 heavy (non-hydrogen) atoms. The molecular weight excluding hydrogens is 278 g/mol. The number of aromatic nitrogens is 1. The van der Waals surface area contributed by atoms with E-state index < -0.39 is 5.97 Å². The second-order valence-electron chi connectivity index (χ2n) is 5.08. The minimum Gasteiger partial charge on any atom is -0.476 e. The number of hydrogen-bond donors (Lipinski definition) is 2. The summed E-state index contributed by atoms with van der Waals surface area (Å²) in [6.45, 7) is 4.95. The molecule has 1 saturated heterocycles. The van der Waals surface area contributed by atoms with Gasteiger partial charge in [-0.2, -0.15) is 0 Å². The van der Waals surface area contributed by atoms with Crippen LogP contribution in [0.3, 0.4) is 0 Å². The van der Waals surface area contributed by atoms with Gasteiger partial charge in [-0.1, -0.05) is 6.42 Å². The van der Waals surface area contributed by atoms with Crippen LogP contribution < -0.4 is 5.32 Å². The standard InChI is InChI=1S/C13H19N3O3S/c1-9(7-16-5-3-2-4-6-16)14-11(17)12-15-10(8-20-12)13(18)19/h8-9H,2-7H2,1H3,(H,14,17)(H,18,19). The van der Waals surface area contributed by atoms with Gasteiger partial charge in [-0.15, -0.1) is 11.3 Å². The summed E-state index contributed by atoms with van der Waals surface area (Å²) >= 11 is 1.06. The Bertz CT molecular complexity index is 483. The molecule has 0 bridgehead atoms. The number of likely N-dealkylation sites (tertiary alicyclic amines) is 1. The van der Waals surface area contributed by atoms with E-state index in [0.29, 0.717) is 0 Å². The van der Waals surface area contributed by atoms with Gasteiger partial charge in [0, 0.05) is 18.0 Å². The average Bonchev–Trinajstić information content (AvgIpc) is 2.89. The van der Waals surface area contributed by atoms with Crippen molar-refractivity contribution in [2.24, 2.45) is 0 Å². The van der Waals surface area contributed by atoms with E-state index in [0.717, 1.165) is 31.0 Å². The third-order valence-electron chi connectivity index (χ3n) is 3.28. The van der Waals surface area contributed by atoms with E-state index in [4.69, 9.17) is 5.11 Å². The van der Waals surface area contributed by atoms with Crippen molar-refractivity contribution < 1.29 is 14.7 Å². The summed E-state index contributed by atoms with van der Waals surface area (Å²) in [5.74, 6) is -1.41. The molecule has 1 aliphatic rings. The van der Waals surface area contributed by atoms with Gasteiger partial charge >= 0.3 is 5.97 Å². The minimum atomic E-state index is -1.11. The van der Waals surface area contributed by atoms with Crippen LogP contribution in [0.2, 0.25) is 0 Å². The number of nitrogens with zero attached hydrogens (tertiary/aromatic N) is 2. The van der Waals surface area contributed by atoms with Crippen molar-refractivity contribution in [3.05, 3.63) is 16.1 Å². The number of carbonyl (C=O) groups excluding carboxylic acids is 1. The number of amides is 1. The van der Waals surface area contributed by atoms with Crippen LogP contribution >= 0.6 is 11.3 Å². The van der Waals surface area contributed by atoms with E-state index in [-0.39, 0.29) is 22.7 Å². The van der Waals surface area contributed by atoms with E-state index in [1.807, 2.05) is 6.92 Å². The Balaban J connectivity index is 1.84. The fourth-order valence-electron chi connectivity index (χ4n) is 2.34. The topological polar surface area (TPSA) is 82.5 Å². The molecule has 0 spiro atoms. The number of carboxylic acids is 1. The summed E-state index contributed by atoms with van der Waals surface area (Å²) < 4.78 is 0. The van der Waals surface area contributed by atoms with E-state index in [9.17, 15) is 9.59 Å². The molecule has 6 nitrogen and oxygen atoms in total. The highest BCUT2D eigenvalue weighted by atomic mass is 32.1. The maximum absolute atomic E-state index is 12.0. The Morgan fingerprint density at radius 2 is 2.15 bits per heavy atom. The zero-order valence-corrected chi connectivity index (χ0v) is 12.3. The van der Waals surface area contributed by atoms with Gasteiger partial charge in [0.15, 0.2) is 10.7 Å². The Hall–Kier alpha value is -1.47. The van der Waals surface area contributed by atoms with Crippen molar-refractivity contribution in [3.63, 3.8) is 0 Å². The van der Waals surface area contributed by atoms with Gasteiger partial charge in [-0.25, -0.2) is 9.78 Å². The van der Waals surface area contributed by atoms with Gasteiger partial charge in [0.1, 0.15) is 0 Å². The van der Waals surface area contributed by atoms with Gasteiger partial charge in [0.05, 0.1) is 0 Å². The fourth-order valence-corrected chi connectivity index (χ4v) is 3.03. The zero-order valence-electron chi connectivity index (χ0n) is 11.5. The lowest BCUT2D eigenvalue weighted by atomic mass is 10.1. The summed E-state index contributed by atoms with van der Waals surface area (Å²) in [7, 11) is 0. The molecule has 1 atom stereocenters. The molecule has 1 aliphatic heterocycles. The maximum atomic E-state index is 12.0. The molecule has 0 saturated carbocycles. The van der Waals surface area contributed by atoms with Crippen molar-refractivity contribution in [1.82, 2.24) is 15.2 Å². The highest BCUT2D eigenvalue weighted by Crippen LogP contribution is 2.11. The number of aromatic carboxylic acids is 1. The van der Waals surface area contributed by atoms with E-state index in [1.54, 1.807) is 0 Å². The summed E-state index contributed by atoms with van der Waals surface area (Å²) in [4.78, 5) is 28.8. The number of piperidine rings is 1. The summed E-state index contributed by atoms with van der Waals surface area (Å²) in [5.41, 5.74) is -0.0798. The van der Waals surface area contributed by atoms with Crippen LogP contribution in [0.4, 0.5) is 0 Å². The second-order valence-corrected chi connectivity index (χ2v) is 5.94. The van der Waals surface area contributed by atoms with Crippen LogP contribution in [0.1, 0.15) is 46.5 Å². The van der Waals surface area contributed by atoms with E-state index in [1.165, 1.54) is 24.6 Å². The fraction of sp³-hybridized carbons (Fsp3) is 0.615. The monoisotopic (exact) mass is 297 g/mol. The average molecular weight is 297 g/mol. The Labute approximate surface area is 121 Å². The molecule has 2 heterocycles. The molecule has 1 unspecified atom stereocenters. The van der Waals surface area contributed by atoms with Gasteiger partial charge in [0.2, 0.25) is 0 Å². The van der Waals surface area contributed by atoms with Crippen LogP contribution in [0.25, 0.3) is 0 Å². The molecule has 1 aromatic rings. The maximum Gasteiger partial charge on any atom is 0.355 e. The lowest BCUT2D eigenvalue weighted by Gasteiger charge is -2.29. The quantitative estimate of drug-likeness (QED) is 0.859. The van der Waals surface area contributed by atoms with Crippen LogP contribution in [0.5, 0.6) is 0 Å². The van der Waals surface area contributed by atoms with Gasteiger partial charge in [0.25, 0.3) is 5.91 Å². The Morgan fingerprint density at radius 1 is 1.45 bits per heavy atom. The summed E-state index contributed by atoms with van der Waals surface area (Å²) in [5, 5.41) is 13.2. The van der Waals surface area contributed by atoms with Crippen molar-refractivity contribution >= 4 is 23.2 Å². The molecule has 1 fully saturated rings. The van der Waals surface area contributed by atoms with Crippen LogP contribution in [-0.4, -0.2) is 52.5 Å². The number of carbonyl (C=O) groups is 2. The van der Waals surface area contributed by atoms with Gasteiger partial charge in [-0.05, 0) is 32.9 Å². The van der Waals surface area contributed by atoms with Crippen LogP contribution in [-0.2, 0) is 0 Å². The summed E-state index contributed by atoms with van der Waals surface area (Å²) in [6, 6.07) is 0.0257. The molecule has 2 rings (SSSR count). The highest BCUT2D eigenvalue weighted by molar-refractivity contribution is 7.11. The molecule has 1 amide bonds. The summed E-state index contributed by atoms with van der Waals surface area (Å²) in [6.07, 6.45) is 3.72. The third kappa shape index (κ3) is 4.01. The second kappa shape index (κ2) is 6.81. The highest BCUT2D eigenvalue weighted by Gasteiger charge is 2.18. The first-order valence-corrected chi connectivity index (χ1v) is 7.66. The molecule has 0 aromatic carbocycles. The van der Waals surface area contributed by atoms with Crippen molar-refractivity contribution in [2.75, 3.05) is 19.6 Å². The van der Waals surface area contributed by atoms with Crippen LogP contribution in [0.15, 0.2) is 5.38 Å². The smallest absolute Gasteiger partial charge is 0.355 e. The number of carboxylic acid groups (broad SMARTS) is 1. The predicted molar refractivity (Wildman–Crippen MR) is 76.3 cm³/mol. The molecule has 0 aliphatic carbocycles. The minimum absolute atomic E-state index is 0.0257. The Morgan fingerprint density at radius 3 is 2.75 bits per heavy atom. The molecule has 7 heteroatoms. The van der Waals surface area contributed by atoms with E-state index >= 15 is 0 Å². The third-order valence-corrected chi connectivity index (χ3v) is 4.12. The first-order chi connectivity index (χ1) is 9.56. The SMILES string of the molecule is CC(CN1CCCCC1)NC(=O)c1nc(C(=O)O)cs1. The lowest BCUT2D eigenvalue weighted by molar-refractivity contribution is 0.0691. The molecule has 0 radical (unpaired) electrons. The molecule has 2 N–H and O–H groups in total. The van der Waals surface area contributed by atoms with Crippen molar-refractivity contribution in [3.8, 4) is 0 Å². The van der Waals surface area contributed by atoms with Crippen LogP contribution in [0, 0.1) is 0 Å². The number of thiazole rings is 1. The van der Waals surface area contributed by atoms with Gasteiger partial charge in [-0.3, -0.25) is 4.79 Å².